The van der Waals surface area contributed by atoms with Crippen LogP contribution in [0, 0.1) is 17.3 Å². The van der Waals surface area contributed by atoms with Crippen molar-refractivity contribution in [3.63, 3.8) is 0 Å². The van der Waals surface area contributed by atoms with Crippen LogP contribution in [0.4, 0.5) is 17.2 Å². The Bertz CT molecular complexity index is 1050. The minimum Gasteiger partial charge on any atom is -0.380 e. The molecule has 0 aromatic carbocycles. The van der Waals surface area contributed by atoms with Gasteiger partial charge in [-0.1, -0.05) is 30.4 Å². The van der Waals surface area contributed by atoms with Gasteiger partial charge in [-0.3, -0.25) is 4.90 Å². The fourth-order valence-electron chi connectivity index (χ4n) is 5.63. The first kappa shape index (κ1) is 23.2. The third-order valence-electron chi connectivity index (χ3n) is 7.70. The van der Waals surface area contributed by atoms with Gasteiger partial charge in [-0.15, -0.1) is 10.2 Å². The van der Waals surface area contributed by atoms with E-state index in [0.29, 0.717) is 16.4 Å². The summed E-state index contributed by atoms with van der Waals surface area (Å²) in [4.78, 5) is 11.8. The topological polar surface area (TPSA) is 74.4 Å². The van der Waals surface area contributed by atoms with E-state index < -0.39 is 0 Å². The Kier molecular flexibility index (Phi) is 7.07. The third kappa shape index (κ3) is 5.39. The number of rotatable bonds is 3. The van der Waals surface area contributed by atoms with E-state index in [1.807, 2.05) is 12.3 Å². The second kappa shape index (κ2) is 10.4. The molecule has 0 radical (unpaired) electrons. The number of anilines is 3. The predicted octanol–water partition coefficient (Wildman–Crippen LogP) is 3.83. The molecular formula is C26H34ClN7. The normalized spacial score (nSPS) is 20.7. The van der Waals surface area contributed by atoms with Gasteiger partial charge in [-0.05, 0) is 68.7 Å². The van der Waals surface area contributed by atoms with Crippen LogP contribution in [-0.2, 0) is 0 Å². The number of nitrogen functional groups attached to an aromatic ring is 1. The quantitative estimate of drug-likeness (QED) is 0.670. The van der Waals surface area contributed by atoms with Crippen molar-refractivity contribution in [2.45, 2.75) is 44.9 Å². The molecule has 7 nitrogen and oxygen atoms in total. The van der Waals surface area contributed by atoms with Crippen LogP contribution in [0.2, 0.25) is 5.15 Å². The first-order valence-electron chi connectivity index (χ1n) is 12.6. The highest BCUT2D eigenvalue weighted by Crippen LogP contribution is 2.43. The van der Waals surface area contributed by atoms with Crippen LogP contribution in [0.5, 0.6) is 0 Å². The van der Waals surface area contributed by atoms with Crippen molar-refractivity contribution in [2.24, 2.45) is 5.41 Å². The summed E-state index contributed by atoms with van der Waals surface area (Å²) in [6, 6.07) is 6.11. The lowest BCUT2D eigenvalue weighted by atomic mass is 9.77. The van der Waals surface area contributed by atoms with Gasteiger partial charge in [0.1, 0.15) is 5.69 Å². The van der Waals surface area contributed by atoms with Gasteiger partial charge in [-0.25, -0.2) is 4.98 Å². The van der Waals surface area contributed by atoms with E-state index in [0.717, 1.165) is 56.9 Å². The van der Waals surface area contributed by atoms with E-state index in [2.05, 4.69) is 53.9 Å². The highest BCUT2D eigenvalue weighted by atomic mass is 35.5. The summed E-state index contributed by atoms with van der Waals surface area (Å²) in [6.07, 6.45) is 10.7. The number of pyridine rings is 1. The fourth-order valence-corrected chi connectivity index (χ4v) is 5.77. The highest BCUT2D eigenvalue weighted by Gasteiger charge is 2.41. The molecular weight excluding hydrogens is 446 g/mol. The van der Waals surface area contributed by atoms with Crippen LogP contribution >= 0.6 is 11.6 Å². The Morgan fingerprint density at radius 3 is 2.44 bits per heavy atom. The largest absolute Gasteiger partial charge is 0.380 e. The molecule has 2 aromatic rings. The van der Waals surface area contributed by atoms with Gasteiger partial charge in [0.2, 0.25) is 0 Å². The summed E-state index contributed by atoms with van der Waals surface area (Å²) in [5, 5.41) is 8.21. The zero-order valence-electron chi connectivity index (χ0n) is 19.8. The van der Waals surface area contributed by atoms with Crippen molar-refractivity contribution in [3.05, 3.63) is 35.2 Å². The molecule has 2 N–H and O–H groups in total. The number of hydrogen-bond acceptors (Lipinski definition) is 7. The van der Waals surface area contributed by atoms with E-state index in [1.165, 1.54) is 50.9 Å². The third-order valence-corrected chi connectivity index (χ3v) is 7.89. The average molecular weight is 480 g/mol. The van der Waals surface area contributed by atoms with Crippen LogP contribution in [0.25, 0.3) is 0 Å². The van der Waals surface area contributed by atoms with Gasteiger partial charge in [0, 0.05) is 44.1 Å². The van der Waals surface area contributed by atoms with Crippen LogP contribution in [0.3, 0.4) is 0 Å². The number of piperidine rings is 1. The Morgan fingerprint density at radius 1 is 0.941 bits per heavy atom. The van der Waals surface area contributed by atoms with Crippen LogP contribution in [-0.4, -0.2) is 65.9 Å². The number of aromatic nitrogens is 3. The van der Waals surface area contributed by atoms with Crippen molar-refractivity contribution >= 4 is 28.8 Å². The van der Waals surface area contributed by atoms with E-state index in [9.17, 15) is 0 Å². The van der Waals surface area contributed by atoms with Crippen LogP contribution < -0.4 is 15.5 Å². The van der Waals surface area contributed by atoms with Gasteiger partial charge in [0.05, 0.1) is 12.2 Å². The molecule has 1 spiro atoms. The minimum atomic E-state index is 0.345. The van der Waals surface area contributed by atoms with Gasteiger partial charge in [0.25, 0.3) is 0 Å². The fraction of sp³-hybridized carbons (Fsp3) is 0.577. The number of nitrogens with two attached hydrogens (primary N) is 1. The molecule has 5 heterocycles. The monoisotopic (exact) mass is 479 g/mol. The summed E-state index contributed by atoms with van der Waals surface area (Å²) < 4.78 is 0. The summed E-state index contributed by atoms with van der Waals surface area (Å²) in [5.41, 5.74) is 9.42. The molecule has 0 unspecified atom stereocenters. The lowest BCUT2D eigenvalue weighted by Crippen LogP contribution is -2.42. The van der Waals surface area contributed by atoms with Crippen molar-refractivity contribution in [3.8, 4) is 11.8 Å². The molecule has 34 heavy (non-hydrogen) atoms. The lowest BCUT2D eigenvalue weighted by Gasteiger charge is -2.40. The van der Waals surface area contributed by atoms with E-state index in [1.54, 1.807) is 0 Å². The first-order chi connectivity index (χ1) is 16.6. The van der Waals surface area contributed by atoms with Crippen molar-refractivity contribution < 1.29 is 0 Å². The van der Waals surface area contributed by atoms with E-state index in [4.69, 9.17) is 17.3 Å². The standard InChI is InChI=1S/C26H34ClN7/c27-24-19-23(25(28)31-30-24)33-15-8-26(9-16-33)10-17-34(20-26)22-7-11-29-21(18-22)6-5-14-32-12-3-1-2-4-13-32/h7,11,18-19H,1-4,8-10,12-17,20H2,(H2,28,31). The maximum absolute atomic E-state index is 6.06. The van der Waals surface area contributed by atoms with Crippen molar-refractivity contribution in [1.82, 2.24) is 20.1 Å². The predicted molar refractivity (Wildman–Crippen MR) is 138 cm³/mol. The molecule has 8 heteroatoms. The van der Waals surface area contributed by atoms with Gasteiger partial charge >= 0.3 is 0 Å². The molecule has 3 aliphatic heterocycles. The molecule has 5 rings (SSSR count). The second-order valence-corrected chi connectivity index (χ2v) is 10.4. The number of likely N-dealkylation sites (tertiary alicyclic amines) is 1. The number of nitrogens with zero attached hydrogens (tertiary/aromatic N) is 6. The summed E-state index contributed by atoms with van der Waals surface area (Å²) >= 11 is 6.05. The highest BCUT2D eigenvalue weighted by molar-refractivity contribution is 6.29. The van der Waals surface area contributed by atoms with Crippen LogP contribution in [0.1, 0.15) is 50.6 Å². The molecule has 3 fully saturated rings. The molecule has 0 amide bonds. The van der Waals surface area contributed by atoms with Gasteiger partial charge in [-0.2, -0.15) is 0 Å². The molecule has 3 aliphatic rings. The average Bonchev–Trinajstić information content (AvgIpc) is 3.08. The summed E-state index contributed by atoms with van der Waals surface area (Å²) in [6.45, 7) is 7.27. The molecule has 0 bridgehead atoms. The molecule has 0 atom stereocenters. The number of halogens is 1. The maximum Gasteiger partial charge on any atom is 0.169 e. The van der Waals surface area contributed by atoms with E-state index in [-0.39, 0.29) is 0 Å². The molecule has 0 saturated carbocycles. The molecule has 3 saturated heterocycles. The Labute approximate surface area is 207 Å². The van der Waals surface area contributed by atoms with Gasteiger partial charge < -0.3 is 15.5 Å². The van der Waals surface area contributed by atoms with E-state index >= 15 is 0 Å². The SMILES string of the molecule is Nc1nnc(Cl)cc1N1CCC2(CCN(c3ccnc(C#CCN4CCCCCC4)c3)C2)CC1. The Morgan fingerprint density at radius 2 is 1.68 bits per heavy atom. The second-order valence-electron chi connectivity index (χ2n) is 9.99. The zero-order chi connectivity index (χ0) is 23.4. The smallest absolute Gasteiger partial charge is 0.169 e. The van der Waals surface area contributed by atoms with Crippen molar-refractivity contribution in [1.29, 1.82) is 0 Å². The molecule has 2 aromatic heterocycles. The van der Waals surface area contributed by atoms with Crippen molar-refractivity contribution in [2.75, 3.05) is 61.3 Å². The summed E-state index contributed by atoms with van der Waals surface area (Å²) in [5.74, 6) is 7.13. The Hall–Kier alpha value is -2.56. The molecule has 180 valence electrons. The van der Waals surface area contributed by atoms with Crippen LogP contribution in [0.15, 0.2) is 24.4 Å². The summed E-state index contributed by atoms with van der Waals surface area (Å²) in [7, 11) is 0. The first-order valence-corrected chi connectivity index (χ1v) is 12.9. The minimum absolute atomic E-state index is 0.345. The number of hydrogen-bond donors (Lipinski definition) is 1. The maximum atomic E-state index is 6.06. The lowest BCUT2D eigenvalue weighted by molar-refractivity contribution is 0.250. The zero-order valence-corrected chi connectivity index (χ0v) is 20.6. The van der Waals surface area contributed by atoms with Gasteiger partial charge in [0.15, 0.2) is 11.0 Å². The Balaban J connectivity index is 1.18. The molecule has 0 aliphatic carbocycles.